The summed E-state index contributed by atoms with van der Waals surface area (Å²) < 4.78 is 7.54. The number of pyridine rings is 1. The summed E-state index contributed by atoms with van der Waals surface area (Å²) in [6.45, 7) is 8.28. The van der Waals surface area contributed by atoms with Crippen molar-refractivity contribution in [3.63, 3.8) is 0 Å². The van der Waals surface area contributed by atoms with Gasteiger partial charge in [-0.15, -0.1) is 10.2 Å². The minimum atomic E-state index is 0.101. The van der Waals surface area contributed by atoms with Gasteiger partial charge in [0, 0.05) is 51.3 Å². The number of aromatic nitrogens is 4. The van der Waals surface area contributed by atoms with Crippen molar-refractivity contribution in [1.82, 2.24) is 19.7 Å². The minimum absolute atomic E-state index is 0.101. The van der Waals surface area contributed by atoms with E-state index in [1.807, 2.05) is 18.3 Å². The van der Waals surface area contributed by atoms with Gasteiger partial charge in [0.15, 0.2) is 5.82 Å². The van der Waals surface area contributed by atoms with Crippen LogP contribution < -0.4 is 4.90 Å². The summed E-state index contributed by atoms with van der Waals surface area (Å²) >= 11 is 0. The SMILES string of the molecule is COCCC(C)(C)Cn1c(-c2cccnc2)nnc1N1CCCC1. The Labute approximate surface area is 143 Å². The Morgan fingerprint density at radius 2 is 2.00 bits per heavy atom. The Morgan fingerprint density at radius 3 is 2.67 bits per heavy atom. The lowest BCUT2D eigenvalue weighted by molar-refractivity contribution is 0.143. The molecule has 6 nitrogen and oxygen atoms in total. The molecule has 1 aliphatic rings. The van der Waals surface area contributed by atoms with Crippen molar-refractivity contribution in [3.8, 4) is 11.4 Å². The molecule has 0 atom stereocenters. The Bertz CT molecular complexity index is 647. The summed E-state index contributed by atoms with van der Waals surface area (Å²) in [4.78, 5) is 6.59. The molecule has 0 aromatic carbocycles. The standard InChI is InChI=1S/C18H27N5O/c1-18(2,8-12-24-3)14-23-16(15-7-6-9-19-13-15)20-21-17(23)22-10-4-5-11-22/h6-7,9,13H,4-5,8,10-12,14H2,1-3H3. The second-order valence-electron chi connectivity index (χ2n) is 7.25. The molecule has 130 valence electrons. The minimum Gasteiger partial charge on any atom is -0.385 e. The predicted molar refractivity (Wildman–Crippen MR) is 95.0 cm³/mol. The second-order valence-corrected chi connectivity index (χ2v) is 7.25. The van der Waals surface area contributed by atoms with Gasteiger partial charge < -0.3 is 9.64 Å². The van der Waals surface area contributed by atoms with E-state index < -0.39 is 0 Å². The molecule has 6 heteroatoms. The summed E-state index contributed by atoms with van der Waals surface area (Å²) in [7, 11) is 1.76. The normalized spacial score (nSPS) is 15.2. The van der Waals surface area contributed by atoms with Crippen molar-refractivity contribution in [1.29, 1.82) is 0 Å². The molecule has 0 N–H and O–H groups in total. The van der Waals surface area contributed by atoms with E-state index in [0.29, 0.717) is 0 Å². The molecule has 2 aromatic rings. The van der Waals surface area contributed by atoms with Gasteiger partial charge in [-0.1, -0.05) is 13.8 Å². The van der Waals surface area contributed by atoms with E-state index in [0.717, 1.165) is 50.0 Å². The molecule has 0 radical (unpaired) electrons. The Morgan fingerprint density at radius 1 is 1.21 bits per heavy atom. The van der Waals surface area contributed by atoms with Crippen LogP contribution in [0.2, 0.25) is 0 Å². The van der Waals surface area contributed by atoms with Crippen molar-refractivity contribution < 1.29 is 4.74 Å². The van der Waals surface area contributed by atoms with Crippen molar-refractivity contribution in [2.45, 2.75) is 39.7 Å². The molecular formula is C18H27N5O. The first kappa shape index (κ1) is 16.9. The maximum absolute atomic E-state index is 5.28. The zero-order chi connectivity index (χ0) is 17.0. The highest BCUT2D eigenvalue weighted by atomic mass is 16.5. The zero-order valence-corrected chi connectivity index (χ0v) is 14.9. The van der Waals surface area contributed by atoms with Crippen molar-refractivity contribution in [3.05, 3.63) is 24.5 Å². The lowest BCUT2D eigenvalue weighted by Gasteiger charge is -2.28. The van der Waals surface area contributed by atoms with E-state index in [1.165, 1.54) is 12.8 Å². The van der Waals surface area contributed by atoms with Crippen LogP contribution in [0.1, 0.15) is 33.1 Å². The molecule has 2 aromatic heterocycles. The first-order valence-corrected chi connectivity index (χ1v) is 8.68. The molecule has 0 amide bonds. The molecule has 1 aliphatic heterocycles. The van der Waals surface area contributed by atoms with E-state index >= 15 is 0 Å². The average Bonchev–Trinajstić information content (AvgIpc) is 3.23. The van der Waals surface area contributed by atoms with E-state index in [1.54, 1.807) is 13.3 Å². The van der Waals surface area contributed by atoms with Gasteiger partial charge in [0.1, 0.15) is 0 Å². The van der Waals surface area contributed by atoms with Crippen LogP contribution in [-0.2, 0) is 11.3 Å². The number of rotatable bonds is 7. The number of hydrogen-bond donors (Lipinski definition) is 0. The quantitative estimate of drug-likeness (QED) is 0.781. The fourth-order valence-electron chi connectivity index (χ4n) is 3.19. The third-order valence-electron chi connectivity index (χ3n) is 4.61. The predicted octanol–water partition coefficient (Wildman–Crippen LogP) is 3.00. The zero-order valence-electron chi connectivity index (χ0n) is 14.9. The lowest BCUT2D eigenvalue weighted by atomic mass is 9.89. The highest BCUT2D eigenvalue weighted by Crippen LogP contribution is 2.31. The Balaban J connectivity index is 1.95. The van der Waals surface area contributed by atoms with Crippen LogP contribution in [0, 0.1) is 5.41 Å². The first-order chi connectivity index (χ1) is 11.6. The van der Waals surface area contributed by atoms with Crippen molar-refractivity contribution >= 4 is 5.95 Å². The second kappa shape index (κ2) is 7.30. The average molecular weight is 329 g/mol. The Kier molecular flexibility index (Phi) is 5.14. The van der Waals surface area contributed by atoms with Gasteiger partial charge >= 0.3 is 0 Å². The molecule has 0 unspecified atom stereocenters. The molecule has 3 rings (SSSR count). The molecular weight excluding hydrogens is 302 g/mol. The van der Waals surface area contributed by atoms with E-state index in [-0.39, 0.29) is 5.41 Å². The van der Waals surface area contributed by atoms with E-state index in [4.69, 9.17) is 4.74 Å². The summed E-state index contributed by atoms with van der Waals surface area (Å²) in [6, 6.07) is 3.99. The third kappa shape index (κ3) is 3.75. The summed E-state index contributed by atoms with van der Waals surface area (Å²) in [6.07, 6.45) is 7.09. The molecule has 1 fully saturated rings. The molecule has 24 heavy (non-hydrogen) atoms. The van der Waals surface area contributed by atoms with Gasteiger partial charge in [-0.05, 0) is 36.8 Å². The van der Waals surface area contributed by atoms with Crippen molar-refractivity contribution in [2.75, 3.05) is 31.7 Å². The van der Waals surface area contributed by atoms with Gasteiger partial charge in [-0.3, -0.25) is 9.55 Å². The summed E-state index contributed by atoms with van der Waals surface area (Å²) in [5.41, 5.74) is 1.11. The van der Waals surface area contributed by atoms with Crippen LogP contribution in [0.25, 0.3) is 11.4 Å². The van der Waals surface area contributed by atoms with Gasteiger partial charge in [0.05, 0.1) is 0 Å². The number of methoxy groups -OCH3 is 1. The van der Waals surface area contributed by atoms with Crippen LogP contribution >= 0.6 is 0 Å². The van der Waals surface area contributed by atoms with Crippen LogP contribution in [0.5, 0.6) is 0 Å². The number of nitrogens with zero attached hydrogens (tertiary/aromatic N) is 5. The largest absolute Gasteiger partial charge is 0.385 e. The van der Waals surface area contributed by atoms with Crippen LogP contribution in [0.3, 0.4) is 0 Å². The lowest BCUT2D eigenvalue weighted by Crippen LogP contribution is -2.27. The first-order valence-electron chi connectivity index (χ1n) is 8.68. The maximum atomic E-state index is 5.28. The van der Waals surface area contributed by atoms with E-state index in [9.17, 15) is 0 Å². The Hall–Kier alpha value is -1.95. The van der Waals surface area contributed by atoms with Gasteiger partial charge in [-0.2, -0.15) is 0 Å². The molecule has 0 bridgehead atoms. The monoisotopic (exact) mass is 329 g/mol. The molecule has 0 aliphatic carbocycles. The molecule has 0 saturated carbocycles. The summed E-state index contributed by atoms with van der Waals surface area (Å²) in [5, 5.41) is 9.01. The van der Waals surface area contributed by atoms with Crippen molar-refractivity contribution in [2.24, 2.45) is 5.41 Å². The van der Waals surface area contributed by atoms with Crippen LogP contribution in [-0.4, -0.2) is 46.6 Å². The topological polar surface area (TPSA) is 56.1 Å². The fourth-order valence-corrected chi connectivity index (χ4v) is 3.19. The van der Waals surface area contributed by atoms with Crippen LogP contribution in [0.4, 0.5) is 5.95 Å². The number of ether oxygens (including phenoxy) is 1. The molecule has 1 saturated heterocycles. The highest BCUT2D eigenvalue weighted by Gasteiger charge is 2.27. The van der Waals surface area contributed by atoms with Crippen LogP contribution in [0.15, 0.2) is 24.5 Å². The molecule has 0 spiro atoms. The molecule has 3 heterocycles. The number of hydrogen-bond acceptors (Lipinski definition) is 5. The smallest absolute Gasteiger partial charge is 0.227 e. The summed E-state index contributed by atoms with van der Waals surface area (Å²) in [5.74, 6) is 1.88. The van der Waals surface area contributed by atoms with Gasteiger partial charge in [0.25, 0.3) is 0 Å². The van der Waals surface area contributed by atoms with Gasteiger partial charge in [0.2, 0.25) is 5.95 Å². The fraction of sp³-hybridized carbons (Fsp3) is 0.611. The number of anilines is 1. The third-order valence-corrected chi connectivity index (χ3v) is 4.61. The maximum Gasteiger partial charge on any atom is 0.227 e. The highest BCUT2D eigenvalue weighted by molar-refractivity contribution is 5.56. The van der Waals surface area contributed by atoms with Gasteiger partial charge in [-0.25, -0.2) is 0 Å². The van der Waals surface area contributed by atoms with E-state index in [2.05, 4.69) is 38.5 Å².